The van der Waals surface area contributed by atoms with Crippen molar-refractivity contribution in [2.45, 2.75) is 12.5 Å². The third-order valence-electron chi connectivity index (χ3n) is 1.60. The number of aliphatic hydroxyl groups is 1. The minimum Gasteiger partial charge on any atom is -0.480 e. The van der Waals surface area contributed by atoms with E-state index in [9.17, 15) is 9.59 Å². The third kappa shape index (κ3) is 5.50. The van der Waals surface area contributed by atoms with Crippen molar-refractivity contribution in [3.8, 4) is 0 Å². The highest BCUT2D eigenvalue weighted by molar-refractivity contribution is 5.83. The first-order valence-corrected chi connectivity index (χ1v) is 4.25. The fourth-order valence-corrected chi connectivity index (χ4v) is 0.777. The molecule has 0 unspecified atom stereocenters. The molecule has 0 aliphatic rings. The summed E-state index contributed by atoms with van der Waals surface area (Å²) in [6, 6.07) is -1.20. The fraction of sp³-hybridized carbons (Fsp3) is 0.750. The molecule has 3 N–H and O–H groups in total. The summed E-state index contributed by atoms with van der Waals surface area (Å²) in [4.78, 5) is 23.3. The van der Waals surface area contributed by atoms with Gasteiger partial charge in [0.2, 0.25) is 5.91 Å². The average molecular weight is 204 g/mol. The molecule has 0 aliphatic carbocycles. The molecule has 14 heavy (non-hydrogen) atoms. The van der Waals surface area contributed by atoms with Gasteiger partial charge in [-0.25, -0.2) is 4.79 Å². The number of carbonyl (C=O) groups excluding carboxylic acids is 1. The maximum Gasteiger partial charge on any atom is 0.328 e. The molecule has 0 bridgehead atoms. The number of hydrogen-bond donors (Lipinski definition) is 3. The van der Waals surface area contributed by atoms with Gasteiger partial charge in [-0.05, 0) is 14.1 Å². The number of rotatable bonds is 6. The number of aliphatic hydroxyl groups excluding tert-OH is 1. The lowest BCUT2D eigenvalue weighted by Crippen LogP contribution is -2.43. The van der Waals surface area contributed by atoms with Gasteiger partial charge in [-0.2, -0.15) is 0 Å². The quantitative estimate of drug-likeness (QED) is 0.490. The monoisotopic (exact) mass is 204 g/mol. The standard InChI is InChI=1S/C8H16N2O4/c1-10(2)4-3-7(12)9-6(5-11)8(13)14/h6,11H,3-5H2,1-2H3,(H,9,12)(H,13,14)/t6-/m1/s1. The van der Waals surface area contributed by atoms with E-state index in [4.69, 9.17) is 10.2 Å². The number of aliphatic carboxylic acids is 1. The molecule has 6 heteroatoms. The lowest BCUT2D eigenvalue weighted by Gasteiger charge is -2.13. The summed E-state index contributed by atoms with van der Waals surface area (Å²) in [5, 5.41) is 19.3. The maximum atomic E-state index is 11.1. The van der Waals surface area contributed by atoms with Crippen molar-refractivity contribution in [3.05, 3.63) is 0 Å². The van der Waals surface area contributed by atoms with E-state index in [-0.39, 0.29) is 12.3 Å². The molecular formula is C8H16N2O4. The van der Waals surface area contributed by atoms with Crippen LogP contribution in [-0.2, 0) is 9.59 Å². The minimum atomic E-state index is -1.23. The number of carbonyl (C=O) groups is 2. The lowest BCUT2D eigenvalue weighted by molar-refractivity contribution is -0.143. The van der Waals surface area contributed by atoms with E-state index >= 15 is 0 Å². The van der Waals surface area contributed by atoms with Crippen molar-refractivity contribution in [1.29, 1.82) is 0 Å². The fourth-order valence-electron chi connectivity index (χ4n) is 0.777. The van der Waals surface area contributed by atoms with Crippen LogP contribution in [-0.4, -0.2) is 60.3 Å². The molecule has 0 saturated carbocycles. The van der Waals surface area contributed by atoms with Gasteiger partial charge in [0.15, 0.2) is 0 Å². The second-order valence-electron chi connectivity index (χ2n) is 3.19. The van der Waals surface area contributed by atoms with Gasteiger partial charge in [-0.1, -0.05) is 0 Å². The van der Waals surface area contributed by atoms with Gasteiger partial charge in [-0.3, -0.25) is 4.79 Å². The number of nitrogens with zero attached hydrogens (tertiary/aromatic N) is 1. The summed E-state index contributed by atoms with van der Waals surface area (Å²) >= 11 is 0. The number of carboxylic acids is 1. The number of hydrogen-bond acceptors (Lipinski definition) is 4. The van der Waals surface area contributed by atoms with E-state index < -0.39 is 18.6 Å². The smallest absolute Gasteiger partial charge is 0.328 e. The SMILES string of the molecule is CN(C)CCC(=O)N[C@H](CO)C(=O)O. The van der Waals surface area contributed by atoms with Gasteiger partial charge in [0.1, 0.15) is 6.04 Å². The van der Waals surface area contributed by atoms with Crippen molar-refractivity contribution in [3.63, 3.8) is 0 Å². The Morgan fingerprint density at radius 2 is 2.00 bits per heavy atom. The number of amides is 1. The highest BCUT2D eigenvalue weighted by atomic mass is 16.4. The van der Waals surface area contributed by atoms with Crippen molar-refractivity contribution in [2.24, 2.45) is 0 Å². The summed E-state index contributed by atoms with van der Waals surface area (Å²) < 4.78 is 0. The largest absolute Gasteiger partial charge is 0.480 e. The van der Waals surface area contributed by atoms with Crippen LogP contribution in [0.5, 0.6) is 0 Å². The second-order valence-corrected chi connectivity index (χ2v) is 3.19. The van der Waals surface area contributed by atoms with Crippen LogP contribution in [0.15, 0.2) is 0 Å². The van der Waals surface area contributed by atoms with Crippen LogP contribution in [0.4, 0.5) is 0 Å². The predicted octanol–water partition coefficient (Wildman–Crippen LogP) is -1.50. The topological polar surface area (TPSA) is 89.9 Å². The zero-order valence-corrected chi connectivity index (χ0v) is 8.36. The zero-order valence-electron chi connectivity index (χ0n) is 8.36. The number of carboxylic acid groups (broad SMARTS) is 1. The Labute approximate surface area is 82.5 Å². The van der Waals surface area contributed by atoms with Gasteiger partial charge in [0.05, 0.1) is 6.61 Å². The second kappa shape index (κ2) is 6.33. The van der Waals surface area contributed by atoms with Gasteiger partial charge in [0.25, 0.3) is 0 Å². The van der Waals surface area contributed by atoms with Crippen molar-refractivity contribution >= 4 is 11.9 Å². The molecule has 0 rings (SSSR count). The Morgan fingerprint density at radius 1 is 1.43 bits per heavy atom. The molecule has 0 aliphatic heterocycles. The molecule has 6 nitrogen and oxygen atoms in total. The van der Waals surface area contributed by atoms with E-state index in [1.807, 2.05) is 19.0 Å². The Hall–Kier alpha value is -1.14. The van der Waals surface area contributed by atoms with Gasteiger partial charge in [0, 0.05) is 13.0 Å². The molecule has 1 atom stereocenters. The van der Waals surface area contributed by atoms with Crippen molar-refractivity contribution in [1.82, 2.24) is 10.2 Å². The molecule has 0 heterocycles. The summed E-state index contributed by atoms with van der Waals surface area (Å²) in [6.45, 7) is -0.0490. The summed E-state index contributed by atoms with van der Waals surface area (Å²) in [5.41, 5.74) is 0. The average Bonchev–Trinajstić information content (AvgIpc) is 2.10. The molecular weight excluding hydrogens is 188 g/mol. The Morgan fingerprint density at radius 3 is 2.36 bits per heavy atom. The first-order valence-electron chi connectivity index (χ1n) is 4.25. The normalized spacial score (nSPS) is 12.6. The molecule has 0 saturated heterocycles. The Bertz CT molecular complexity index is 206. The molecule has 0 aromatic rings. The highest BCUT2D eigenvalue weighted by Gasteiger charge is 2.18. The zero-order chi connectivity index (χ0) is 11.1. The van der Waals surface area contributed by atoms with Crippen LogP contribution < -0.4 is 5.32 Å². The van der Waals surface area contributed by atoms with Crippen LogP contribution in [0.2, 0.25) is 0 Å². The molecule has 0 spiro atoms. The highest BCUT2D eigenvalue weighted by Crippen LogP contribution is 1.87. The minimum absolute atomic E-state index is 0.219. The van der Waals surface area contributed by atoms with Crippen LogP contribution in [0, 0.1) is 0 Å². The van der Waals surface area contributed by atoms with Gasteiger partial charge >= 0.3 is 5.97 Å². The predicted molar refractivity (Wildman–Crippen MR) is 49.8 cm³/mol. The van der Waals surface area contributed by atoms with E-state index in [1.54, 1.807) is 0 Å². The van der Waals surface area contributed by atoms with Gasteiger partial charge in [-0.15, -0.1) is 0 Å². The third-order valence-corrected chi connectivity index (χ3v) is 1.60. The summed E-state index contributed by atoms with van der Waals surface area (Å²) in [5.74, 6) is -1.61. The molecule has 82 valence electrons. The first-order chi connectivity index (χ1) is 6.47. The van der Waals surface area contributed by atoms with Crippen molar-refractivity contribution < 1.29 is 19.8 Å². The van der Waals surface area contributed by atoms with E-state index in [0.29, 0.717) is 6.54 Å². The molecule has 0 aromatic carbocycles. The molecule has 0 fully saturated rings. The lowest BCUT2D eigenvalue weighted by atomic mass is 10.3. The van der Waals surface area contributed by atoms with E-state index in [1.165, 1.54) is 0 Å². The molecule has 1 amide bonds. The first kappa shape index (κ1) is 12.9. The summed E-state index contributed by atoms with van der Waals surface area (Å²) in [6.07, 6.45) is 0.219. The van der Waals surface area contributed by atoms with E-state index in [2.05, 4.69) is 5.32 Å². The van der Waals surface area contributed by atoms with Crippen LogP contribution in [0.3, 0.4) is 0 Å². The van der Waals surface area contributed by atoms with Crippen molar-refractivity contribution in [2.75, 3.05) is 27.2 Å². The summed E-state index contributed by atoms with van der Waals surface area (Å²) in [7, 11) is 3.63. The molecule has 0 aromatic heterocycles. The molecule has 0 radical (unpaired) electrons. The number of nitrogens with one attached hydrogen (secondary N) is 1. The van der Waals surface area contributed by atoms with Crippen LogP contribution in [0.25, 0.3) is 0 Å². The Kier molecular flexibility index (Phi) is 5.82. The van der Waals surface area contributed by atoms with Crippen LogP contribution >= 0.6 is 0 Å². The maximum absolute atomic E-state index is 11.1. The Balaban J connectivity index is 3.85. The van der Waals surface area contributed by atoms with Crippen LogP contribution in [0.1, 0.15) is 6.42 Å². The van der Waals surface area contributed by atoms with E-state index in [0.717, 1.165) is 0 Å². The van der Waals surface area contributed by atoms with Gasteiger partial charge < -0.3 is 20.4 Å².